The summed E-state index contributed by atoms with van der Waals surface area (Å²) in [5.41, 5.74) is 5.50. The van der Waals surface area contributed by atoms with Crippen molar-refractivity contribution < 1.29 is 4.48 Å². The molecule has 1 aliphatic heterocycles. The lowest BCUT2D eigenvalue weighted by Crippen LogP contribution is -2.47. The van der Waals surface area contributed by atoms with Crippen LogP contribution in [0.1, 0.15) is 57.8 Å². The summed E-state index contributed by atoms with van der Waals surface area (Å²) in [7, 11) is 0. The van der Waals surface area contributed by atoms with Gasteiger partial charge in [0.2, 0.25) is 0 Å². The van der Waals surface area contributed by atoms with Gasteiger partial charge in [-0.15, -0.1) is 0 Å². The van der Waals surface area contributed by atoms with Gasteiger partial charge >= 0.3 is 0 Å². The Hall–Kier alpha value is 0.270. The molecule has 0 saturated carbocycles. The maximum absolute atomic E-state index is 5.50. The van der Waals surface area contributed by atoms with Crippen molar-refractivity contribution in [2.24, 2.45) is 5.73 Å². The van der Waals surface area contributed by atoms with Gasteiger partial charge in [-0.25, -0.2) is 0 Å². The van der Waals surface area contributed by atoms with E-state index < -0.39 is 0 Å². The fraction of sp³-hybridized carbons (Fsp3) is 1.00. The summed E-state index contributed by atoms with van der Waals surface area (Å²) in [5, 5.41) is 0. The Balaban J connectivity index is 1.98. The number of hydrogen-bond acceptors (Lipinski definition) is 2. The van der Waals surface area contributed by atoms with Crippen molar-refractivity contribution in [1.82, 2.24) is 0 Å². The van der Waals surface area contributed by atoms with Gasteiger partial charge in [-0.05, 0) is 25.8 Å². The molecule has 0 unspecified atom stereocenters. The van der Waals surface area contributed by atoms with E-state index in [-0.39, 0.29) is 0 Å². The predicted molar refractivity (Wildman–Crippen MR) is 84.2 cm³/mol. The summed E-state index contributed by atoms with van der Waals surface area (Å²) in [4.78, 5) is 0. The molecule has 18 heavy (non-hydrogen) atoms. The number of likely N-dealkylation sites (tertiary alicyclic amines) is 1. The van der Waals surface area contributed by atoms with Crippen LogP contribution in [0, 0.1) is 0 Å². The Morgan fingerprint density at radius 1 is 0.778 bits per heavy atom. The first kappa shape index (κ1) is 16.3. The third-order valence-electron chi connectivity index (χ3n) is 4.43. The quantitative estimate of drug-likeness (QED) is 0.337. The van der Waals surface area contributed by atoms with Crippen molar-refractivity contribution >= 4 is 12.6 Å². The van der Waals surface area contributed by atoms with Crippen molar-refractivity contribution in [3.63, 3.8) is 0 Å². The molecule has 3 heteroatoms. The second-order valence-corrected chi connectivity index (χ2v) is 6.38. The van der Waals surface area contributed by atoms with Crippen LogP contribution in [0.2, 0.25) is 0 Å². The molecule has 0 aromatic rings. The fourth-order valence-electron chi connectivity index (χ4n) is 3.25. The molecule has 1 saturated heterocycles. The summed E-state index contributed by atoms with van der Waals surface area (Å²) in [5.74, 6) is 1.05. The molecule has 0 aromatic heterocycles. The van der Waals surface area contributed by atoms with Crippen molar-refractivity contribution in [2.75, 3.05) is 38.5 Å². The summed E-state index contributed by atoms with van der Waals surface area (Å²) in [6.07, 6.45) is 12.5. The van der Waals surface area contributed by atoms with Crippen LogP contribution in [0.15, 0.2) is 0 Å². The van der Waals surface area contributed by atoms with Crippen LogP contribution in [-0.4, -0.2) is 43.0 Å². The van der Waals surface area contributed by atoms with E-state index in [1.807, 2.05) is 0 Å². The number of nitrogens with two attached hydrogens (primary N) is 1. The van der Waals surface area contributed by atoms with Crippen LogP contribution in [0.25, 0.3) is 0 Å². The Morgan fingerprint density at radius 3 is 1.89 bits per heavy atom. The number of nitrogens with zero attached hydrogens (tertiary/aromatic N) is 1. The molecule has 2 N–H and O–H groups in total. The lowest BCUT2D eigenvalue weighted by atomic mass is 10.1. The van der Waals surface area contributed by atoms with Gasteiger partial charge in [0.15, 0.2) is 0 Å². The standard InChI is InChI=1S/C15H32N2S/c16-10-6-4-2-1-3-5-7-11-17(14-15-18)12-8-9-13-17/h1-16H2/p+1. The SMILES string of the molecule is NCCCCCCCCC[N+]1(CCS)CCCC1. The third kappa shape index (κ3) is 6.44. The van der Waals surface area contributed by atoms with Crippen molar-refractivity contribution in [3.8, 4) is 0 Å². The van der Waals surface area contributed by atoms with Crippen LogP contribution in [0.5, 0.6) is 0 Å². The molecule has 0 amide bonds. The van der Waals surface area contributed by atoms with Gasteiger partial charge in [-0.1, -0.05) is 25.7 Å². The monoisotopic (exact) mass is 273 g/mol. The molecule has 0 bridgehead atoms. The second-order valence-electron chi connectivity index (χ2n) is 5.93. The second kappa shape index (κ2) is 10.1. The van der Waals surface area contributed by atoms with E-state index in [9.17, 15) is 0 Å². The number of thiol groups is 1. The third-order valence-corrected chi connectivity index (χ3v) is 4.63. The predicted octanol–water partition coefficient (Wildman–Crippen LogP) is 3.22. The van der Waals surface area contributed by atoms with Crippen molar-refractivity contribution in [3.05, 3.63) is 0 Å². The van der Waals surface area contributed by atoms with Crippen molar-refractivity contribution in [1.29, 1.82) is 0 Å². The lowest BCUT2D eigenvalue weighted by molar-refractivity contribution is -0.914. The van der Waals surface area contributed by atoms with E-state index >= 15 is 0 Å². The molecule has 1 heterocycles. The summed E-state index contributed by atoms with van der Waals surface area (Å²) in [6.45, 7) is 6.39. The van der Waals surface area contributed by atoms with E-state index in [1.165, 1.54) is 88.4 Å². The Bertz CT molecular complexity index is 191. The molecular formula is C15H33N2S+. The highest BCUT2D eigenvalue weighted by atomic mass is 32.1. The average molecular weight is 274 g/mol. The van der Waals surface area contributed by atoms with Gasteiger partial charge in [0, 0.05) is 18.6 Å². The van der Waals surface area contributed by atoms with E-state index in [1.54, 1.807) is 0 Å². The molecule has 1 rings (SSSR count). The zero-order chi connectivity index (χ0) is 13.1. The van der Waals surface area contributed by atoms with Crippen LogP contribution in [-0.2, 0) is 0 Å². The molecule has 0 radical (unpaired) electrons. The highest BCUT2D eigenvalue weighted by molar-refractivity contribution is 7.80. The van der Waals surface area contributed by atoms with Crippen LogP contribution >= 0.6 is 12.6 Å². The zero-order valence-electron chi connectivity index (χ0n) is 12.1. The molecule has 108 valence electrons. The van der Waals surface area contributed by atoms with Gasteiger partial charge < -0.3 is 10.2 Å². The topological polar surface area (TPSA) is 26.0 Å². The van der Waals surface area contributed by atoms with Gasteiger partial charge in [0.1, 0.15) is 0 Å². The van der Waals surface area contributed by atoms with Gasteiger partial charge in [0.05, 0.1) is 26.2 Å². The summed E-state index contributed by atoms with van der Waals surface area (Å²) >= 11 is 4.43. The van der Waals surface area contributed by atoms with E-state index in [0.29, 0.717) is 0 Å². The Morgan fingerprint density at radius 2 is 1.33 bits per heavy atom. The first-order chi connectivity index (χ1) is 8.83. The minimum Gasteiger partial charge on any atom is -0.330 e. The first-order valence-corrected chi connectivity index (χ1v) is 8.62. The van der Waals surface area contributed by atoms with E-state index in [0.717, 1.165) is 12.3 Å². The Labute approximate surface area is 119 Å². The molecule has 0 atom stereocenters. The Kier molecular flexibility index (Phi) is 9.16. The molecule has 2 nitrogen and oxygen atoms in total. The lowest BCUT2D eigenvalue weighted by Gasteiger charge is -2.34. The number of quaternary nitrogens is 1. The molecule has 0 spiro atoms. The fourth-order valence-corrected chi connectivity index (χ4v) is 3.68. The molecule has 0 aliphatic carbocycles. The summed E-state index contributed by atoms with van der Waals surface area (Å²) < 4.78 is 1.37. The van der Waals surface area contributed by atoms with Gasteiger partial charge in [-0.2, -0.15) is 12.6 Å². The highest BCUT2D eigenvalue weighted by Crippen LogP contribution is 2.21. The normalized spacial score (nSPS) is 18.3. The van der Waals surface area contributed by atoms with Crippen molar-refractivity contribution in [2.45, 2.75) is 57.8 Å². The van der Waals surface area contributed by atoms with Gasteiger partial charge in [-0.3, -0.25) is 0 Å². The summed E-state index contributed by atoms with van der Waals surface area (Å²) in [6, 6.07) is 0. The van der Waals surface area contributed by atoms with Crippen LogP contribution in [0.3, 0.4) is 0 Å². The molecule has 0 aromatic carbocycles. The first-order valence-electron chi connectivity index (χ1n) is 7.99. The smallest absolute Gasteiger partial charge is 0.0876 e. The van der Waals surface area contributed by atoms with Crippen LogP contribution in [0.4, 0.5) is 0 Å². The molecule has 1 fully saturated rings. The highest BCUT2D eigenvalue weighted by Gasteiger charge is 2.30. The minimum absolute atomic E-state index is 0.865. The van der Waals surface area contributed by atoms with E-state index in [2.05, 4.69) is 12.6 Å². The maximum Gasteiger partial charge on any atom is 0.0876 e. The van der Waals surface area contributed by atoms with E-state index in [4.69, 9.17) is 5.73 Å². The largest absolute Gasteiger partial charge is 0.330 e. The average Bonchev–Trinajstić information content (AvgIpc) is 2.82. The number of hydrogen-bond donors (Lipinski definition) is 2. The maximum atomic E-state index is 5.50. The number of rotatable bonds is 11. The van der Waals surface area contributed by atoms with Crippen LogP contribution < -0.4 is 5.73 Å². The van der Waals surface area contributed by atoms with Gasteiger partial charge in [0.25, 0.3) is 0 Å². The zero-order valence-corrected chi connectivity index (χ0v) is 13.0. The minimum atomic E-state index is 0.865. The molecule has 1 aliphatic rings. The number of unbranched alkanes of at least 4 members (excludes halogenated alkanes) is 6. The molecular weight excluding hydrogens is 240 g/mol.